The number of nitro benzene ring substituents is 1. The quantitative estimate of drug-likeness (QED) is 0.685. The van der Waals surface area contributed by atoms with Crippen LogP contribution in [0.4, 0.5) is 11.4 Å². The highest BCUT2D eigenvalue weighted by Crippen LogP contribution is 2.38. The highest BCUT2D eigenvalue weighted by molar-refractivity contribution is 6.42. The molecule has 1 fully saturated rings. The van der Waals surface area contributed by atoms with Crippen LogP contribution in [0.15, 0.2) is 12.1 Å². The number of hydrogen-bond acceptors (Lipinski definition) is 4. The number of aliphatic carboxylic acids is 1. The number of carboxylic acids is 1. The lowest BCUT2D eigenvalue weighted by Crippen LogP contribution is -2.23. The third kappa shape index (κ3) is 2.74. The number of halogens is 2. The van der Waals surface area contributed by atoms with Gasteiger partial charge in [0, 0.05) is 19.2 Å². The Morgan fingerprint density at radius 2 is 2.05 bits per heavy atom. The summed E-state index contributed by atoms with van der Waals surface area (Å²) >= 11 is 11.6. The Bertz CT molecular complexity index is 550. The SMILES string of the molecule is O=C(O)C1CCN(c2cc(Cl)c(Cl)cc2[N+](=O)[O-])C1. The van der Waals surface area contributed by atoms with Crippen molar-refractivity contribution in [2.45, 2.75) is 6.42 Å². The molecule has 1 aromatic rings. The second-order valence-corrected chi connectivity index (χ2v) is 5.10. The van der Waals surface area contributed by atoms with Gasteiger partial charge < -0.3 is 10.0 Å². The molecular formula is C11H10Cl2N2O4. The van der Waals surface area contributed by atoms with Gasteiger partial charge in [-0.15, -0.1) is 0 Å². The van der Waals surface area contributed by atoms with Crippen LogP contribution in [-0.2, 0) is 4.79 Å². The predicted molar refractivity (Wildman–Crippen MR) is 71.1 cm³/mol. The van der Waals surface area contributed by atoms with Crippen molar-refractivity contribution in [3.05, 3.63) is 32.3 Å². The normalized spacial score (nSPS) is 18.6. The minimum absolute atomic E-state index is 0.103. The number of nitrogens with zero attached hydrogens (tertiary/aromatic N) is 2. The van der Waals surface area contributed by atoms with Crippen molar-refractivity contribution >= 4 is 40.5 Å². The lowest BCUT2D eigenvalue weighted by atomic mass is 10.1. The van der Waals surface area contributed by atoms with Crippen LogP contribution in [0.5, 0.6) is 0 Å². The van der Waals surface area contributed by atoms with E-state index in [1.165, 1.54) is 12.1 Å². The number of hydrogen-bond donors (Lipinski definition) is 1. The standard InChI is InChI=1S/C11H10Cl2N2O4/c12-7-3-9(10(15(18)19)4-8(7)13)14-2-1-6(5-14)11(16)17/h3-4,6H,1-2,5H2,(H,16,17). The summed E-state index contributed by atoms with van der Waals surface area (Å²) in [5.74, 6) is -1.42. The summed E-state index contributed by atoms with van der Waals surface area (Å²) in [6.45, 7) is 0.671. The fourth-order valence-corrected chi connectivity index (χ4v) is 2.42. The van der Waals surface area contributed by atoms with E-state index >= 15 is 0 Å². The predicted octanol–water partition coefficient (Wildman–Crippen LogP) is 2.81. The van der Waals surface area contributed by atoms with Crippen LogP contribution < -0.4 is 4.90 Å². The zero-order valence-electron chi connectivity index (χ0n) is 9.68. The first-order valence-electron chi connectivity index (χ1n) is 5.51. The van der Waals surface area contributed by atoms with Crippen LogP contribution in [0.1, 0.15) is 6.42 Å². The second-order valence-electron chi connectivity index (χ2n) is 4.28. The number of carboxylic acid groups (broad SMARTS) is 1. The number of anilines is 1. The highest BCUT2D eigenvalue weighted by atomic mass is 35.5. The molecule has 1 saturated heterocycles. The van der Waals surface area contributed by atoms with Gasteiger partial charge in [-0.1, -0.05) is 23.2 Å². The summed E-state index contributed by atoms with van der Waals surface area (Å²) in [6.07, 6.45) is 0.451. The Labute approximate surface area is 118 Å². The molecule has 2 rings (SSSR count). The van der Waals surface area contributed by atoms with E-state index in [1.807, 2.05) is 0 Å². The van der Waals surface area contributed by atoms with Crippen molar-refractivity contribution in [1.82, 2.24) is 0 Å². The first-order chi connectivity index (χ1) is 8.90. The van der Waals surface area contributed by atoms with Gasteiger partial charge in [-0.2, -0.15) is 0 Å². The molecule has 0 aliphatic carbocycles. The van der Waals surface area contributed by atoms with Gasteiger partial charge >= 0.3 is 5.97 Å². The lowest BCUT2D eigenvalue weighted by molar-refractivity contribution is -0.384. The molecule has 0 saturated carbocycles. The molecule has 6 nitrogen and oxygen atoms in total. The molecule has 8 heteroatoms. The second kappa shape index (κ2) is 5.22. The summed E-state index contributed by atoms with van der Waals surface area (Å²) in [7, 11) is 0. The Balaban J connectivity index is 2.37. The van der Waals surface area contributed by atoms with Crippen molar-refractivity contribution in [3.63, 3.8) is 0 Å². The molecule has 0 radical (unpaired) electrons. The highest BCUT2D eigenvalue weighted by Gasteiger charge is 2.32. The molecule has 19 heavy (non-hydrogen) atoms. The topological polar surface area (TPSA) is 83.7 Å². The molecular weight excluding hydrogens is 295 g/mol. The van der Waals surface area contributed by atoms with Gasteiger partial charge in [-0.05, 0) is 12.5 Å². The number of benzene rings is 1. The van der Waals surface area contributed by atoms with Gasteiger partial charge in [0.1, 0.15) is 5.69 Å². The van der Waals surface area contributed by atoms with Crippen LogP contribution in [0.3, 0.4) is 0 Å². The third-order valence-corrected chi connectivity index (χ3v) is 3.81. The summed E-state index contributed by atoms with van der Waals surface area (Å²) < 4.78 is 0. The number of carbonyl (C=O) groups is 1. The first kappa shape index (κ1) is 13.9. The molecule has 1 N–H and O–H groups in total. The van der Waals surface area contributed by atoms with Crippen LogP contribution >= 0.6 is 23.2 Å². The average molecular weight is 305 g/mol. The van der Waals surface area contributed by atoms with E-state index in [1.54, 1.807) is 4.90 Å². The smallest absolute Gasteiger partial charge is 0.308 e. The average Bonchev–Trinajstić information content (AvgIpc) is 2.81. The van der Waals surface area contributed by atoms with Crippen LogP contribution in [0, 0.1) is 16.0 Å². The number of nitro groups is 1. The largest absolute Gasteiger partial charge is 0.481 e. The zero-order valence-corrected chi connectivity index (χ0v) is 11.2. The molecule has 0 bridgehead atoms. The van der Waals surface area contributed by atoms with Gasteiger partial charge in [0.15, 0.2) is 0 Å². The molecule has 1 aliphatic rings. The Morgan fingerprint density at radius 1 is 1.42 bits per heavy atom. The van der Waals surface area contributed by atoms with Crippen LogP contribution in [0.2, 0.25) is 10.0 Å². The Hall–Kier alpha value is -1.53. The van der Waals surface area contributed by atoms with E-state index in [9.17, 15) is 14.9 Å². The van der Waals surface area contributed by atoms with Crippen LogP contribution in [0.25, 0.3) is 0 Å². The van der Waals surface area contributed by atoms with E-state index < -0.39 is 16.8 Å². The van der Waals surface area contributed by atoms with Gasteiger partial charge in [0.2, 0.25) is 0 Å². The minimum atomic E-state index is -0.898. The van der Waals surface area contributed by atoms with E-state index in [4.69, 9.17) is 28.3 Å². The van der Waals surface area contributed by atoms with E-state index in [-0.39, 0.29) is 22.3 Å². The van der Waals surface area contributed by atoms with Crippen molar-refractivity contribution in [1.29, 1.82) is 0 Å². The molecule has 1 unspecified atom stereocenters. The minimum Gasteiger partial charge on any atom is -0.481 e. The maximum Gasteiger partial charge on any atom is 0.308 e. The lowest BCUT2D eigenvalue weighted by Gasteiger charge is -2.18. The van der Waals surface area contributed by atoms with Crippen molar-refractivity contribution < 1.29 is 14.8 Å². The summed E-state index contributed by atoms with van der Waals surface area (Å²) in [5, 5.41) is 20.3. The van der Waals surface area contributed by atoms with Crippen LogP contribution in [-0.4, -0.2) is 29.1 Å². The number of rotatable bonds is 3. The molecule has 1 atom stereocenters. The maximum atomic E-state index is 11.0. The van der Waals surface area contributed by atoms with E-state index in [0.29, 0.717) is 18.7 Å². The summed E-state index contributed by atoms with van der Waals surface area (Å²) in [6, 6.07) is 2.60. The summed E-state index contributed by atoms with van der Waals surface area (Å²) in [4.78, 5) is 23.0. The monoisotopic (exact) mass is 304 g/mol. The fourth-order valence-electron chi connectivity index (χ4n) is 2.11. The molecule has 0 amide bonds. The van der Waals surface area contributed by atoms with Gasteiger partial charge in [-0.3, -0.25) is 14.9 Å². The molecule has 0 aromatic heterocycles. The van der Waals surface area contributed by atoms with E-state index in [0.717, 1.165) is 0 Å². The van der Waals surface area contributed by atoms with E-state index in [2.05, 4.69) is 0 Å². The molecule has 1 aliphatic heterocycles. The zero-order chi connectivity index (χ0) is 14.2. The molecule has 102 valence electrons. The molecule has 1 heterocycles. The van der Waals surface area contributed by atoms with Crippen molar-refractivity contribution in [3.8, 4) is 0 Å². The Kier molecular flexibility index (Phi) is 3.82. The molecule has 0 spiro atoms. The molecule has 1 aromatic carbocycles. The fraction of sp³-hybridized carbons (Fsp3) is 0.364. The van der Waals surface area contributed by atoms with Gasteiger partial charge in [0.05, 0.1) is 20.9 Å². The Morgan fingerprint density at radius 3 is 2.58 bits per heavy atom. The van der Waals surface area contributed by atoms with Gasteiger partial charge in [0.25, 0.3) is 5.69 Å². The third-order valence-electron chi connectivity index (χ3n) is 3.09. The summed E-state index contributed by atoms with van der Waals surface area (Å²) in [5.41, 5.74) is 0.142. The maximum absolute atomic E-state index is 11.0. The van der Waals surface area contributed by atoms with Crippen molar-refractivity contribution in [2.75, 3.05) is 18.0 Å². The van der Waals surface area contributed by atoms with Crippen molar-refractivity contribution in [2.24, 2.45) is 5.92 Å². The first-order valence-corrected chi connectivity index (χ1v) is 6.27. The van der Waals surface area contributed by atoms with Gasteiger partial charge in [-0.25, -0.2) is 0 Å².